The first kappa shape index (κ1) is 17.2. The van der Waals surface area contributed by atoms with Crippen LogP contribution in [0, 0.1) is 5.41 Å². The minimum Gasteiger partial charge on any atom is -0.508 e. The molecule has 1 aromatic carbocycles. The van der Waals surface area contributed by atoms with Gasteiger partial charge in [-0.2, -0.15) is 0 Å². The van der Waals surface area contributed by atoms with Crippen LogP contribution in [0.15, 0.2) is 21.1 Å². The average molecular weight is 390 g/mol. The zero-order valence-corrected chi connectivity index (χ0v) is 13.6. The van der Waals surface area contributed by atoms with E-state index in [2.05, 4.69) is 31.9 Å². The second-order valence-electron chi connectivity index (χ2n) is 4.44. The standard InChI is InChI=1S/C11H15Br2NO2.ClH/c1-11(2,5-15)10(14)9-7(13)3-6(12)4-8(9)16;/h3-4,10,15-16H,5,14H2,1-2H3;1H/t10-;/m1./s1. The van der Waals surface area contributed by atoms with E-state index >= 15 is 0 Å². The first-order valence-electron chi connectivity index (χ1n) is 4.84. The van der Waals surface area contributed by atoms with Gasteiger partial charge in [-0.1, -0.05) is 45.7 Å². The van der Waals surface area contributed by atoms with Crippen LogP contribution in [-0.4, -0.2) is 16.8 Å². The van der Waals surface area contributed by atoms with Gasteiger partial charge in [-0.15, -0.1) is 12.4 Å². The third kappa shape index (κ3) is 3.83. The number of nitrogens with two attached hydrogens (primary N) is 1. The SMILES string of the molecule is CC(C)(CO)[C@H](N)c1c(O)cc(Br)cc1Br.Cl. The van der Waals surface area contributed by atoms with Gasteiger partial charge >= 0.3 is 0 Å². The number of aliphatic hydroxyl groups excluding tert-OH is 1. The van der Waals surface area contributed by atoms with Crippen molar-refractivity contribution in [3.8, 4) is 5.75 Å². The smallest absolute Gasteiger partial charge is 0.122 e. The predicted molar refractivity (Wildman–Crippen MR) is 78.6 cm³/mol. The Morgan fingerprint density at radius 2 is 1.88 bits per heavy atom. The number of hydrogen-bond donors (Lipinski definition) is 3. The molecular formula is C11H16Br2ClNO2. The molecule has 4 N–H and O–H groups in total. The van der Waals surface area contributed by atoms with Crippen molar-refractivity contribution in [1.29, 1.82) is 0 Å². The summed E-state index contributed by atoms with van der Waals surface area (Å²) in [4.78, 5) is 0. The van der Waals surface area contributed by atoms with Crippen LogP contribution in [0.4, 0.5) is 0 Å². The molecule has 0 radical (unpaired) electrons. The zero-order chi connectivity index (χ0) is 12.5. The van der Waals surface area contributed by atoms with Crippen LogP contribution in [0.1, 0.15) is 25.5 Å². The summed E-state index contributed by atoms with van der Waals surface area (Å²) in [6.45, 7) is 3.66. The van der Waals surface area contributed by atoms with E-state index in [1.807, 2.05) is 19.9 Å². The number of aromatic hydroxyl groups is 1. The van der Waals surface area contributed by atoms with Gasteiger partial charge < -0.3 is 15.9 Å². The van der Waals surface area contributed by atoms with Crippen LogP contribution in [0.2, 0.25) is 0 Å². The molecule has 0 bridgehead atoms. The number of benzene rings is 1. The van der Waals surface area contributed by atoms with Crippen molar-refractivity contribution < 1.29 is 10.2 Å². The quantitative estimate of drug-likeness (QED) is 0.743. The Balaban J connectivity index is 0.00000256. The highest BCUT2D eigenvalue weighted by Crippen LogP contribution is 2.40. The zero-order valence-electron chi connectivity index (χ0n) is 9.58. The van der Waals surface area contributed by atoms with E-state index in [9.17, 15) is 10.2 Å². The fourth-order valence-corrected chi connectivity index (χ4v) is 2.82. The van der Waals surface area contributed by atoms with Crippen molar-refractivity contribution in [2.75, 3.05) is 6.61 Å². The Bertz CT molecular complexity index is 376. The number of phenolic OH excluding ortho intramolecular Hbond substituents is 1. The summed E-state index contributed by atoms with van der Waals surface area (Å²) >= 11 is 6.65. The Hall–Kier alpha value is 0.190. The van der Waals surface area contributed by atoms with Crippen molar-refractivity contribution in [3.05, 3.63) is 26.6 Å². The van der Waals surface area contributed by atoms with E-state index in [0.717, 1.165) is 8.95 Å². The predicted octanol–water partition coefficient (Wildman–Crippen LogP) is 3.36. The molecule has 0 heterocycles. The maximum absolute atomic E-state index is 9.88. The second-order valence-corrected chi connectivity index (χ2v) is 6.21. The maximum atomic E-state index is 9.88. The molecule has 1 rings (SSSR count). The van der Waals surface area contributed by atoms with Crippen LogP contribution < -0.4 is 5.73 Å². The molecule has 0 amide bonds. The van der Waals surface area contributed by atoms with E-state index < -0.39 is 11.5 Å². The van der Waals surface area contributed by atoms with Gasteiger partial charge in [0.15, 0.2) is 0 Å². The monoisotopic (exact) mass is 387 g/mol. The largest absolute Gasteiger partial charge is 0.508 e. The maximum Gasteiger partial charge on any atom is 0.122 e. The lowest BCUT2D eigenvalue weighted by molar-refractivity contribution is 0.131. The van der Waals surface area contributed by atoms with Gasteiger partial charge in [0.05, 0.1) is 0 Å². The van der Waals surface area contributed by atoms with Gasteiger partial charge in [-0.05, 0) is 12.1 Å². The minimum atomic E-state index is -0.492. The van der Waals surface area contributed by atoms with Gasteiger partial charge in [-0.3, -0.25) is 0 Å². The lowest BCUT2D eigenvalue weighted by atomic mass is 9.81. The molecule has 0 unspecified atom stereocenters. The van der Waals surface area contributed by atoms with Gasteiger partial charge in [0.1, 0.15) is 5.75 Å². The van der Waals surface area contributed by atoms with Crippen molar-refractivity contribution in [1.82, 2.24) is 0 Å². The Morgan fingerprint density at radius 3 is 2.29 bits per heavy atom. The van der Waals surface area contributed by atoms with E-state index in [1.165, 1.54) is 0 Å². The third-order valence-electron chi connectivity index (χ3n) is 2.63. The normalized spacial score (nSPS) is 13.1. The van der Waals surface area contributed by atoms with Gasteiger partial charge in [0.2, 0.25) is 0 Å². The number of hydrogen-bond acceptors (Lipinski definition) is 3. The van der Waals surface area contributed by atoms with Crippen LogP contribution >= 0.6 is 44.3 Å². The van der Waals surface area contributed by atoms with Crippen LogP contribution in [0.25, 0.3) is 0 Å². The summed E-state index contributed by atoms with van der Waals surface area (Å²) in [5.41, 5.74) is 6.19. The molecule has 0 saturated carbocycles. The van der Waals surface area contributed by atoms with Crippen LogP contribution in [-0.2, 0) is 0 Å². The average Bonchev–Trinajstić information content (AvgIpc) is 2.15. The number of rotatable bonds is 3. The molecular weight excluding hydrogens is 373 g/mol. The summed E-state index contributed by atoms with van der Waals surface area (Å²) in [5, 5.41) is 19.2. The molecule has 3 nitrogen and oxygen atoms in total. The molecule has 0 aliphatic rings. The number of phenols is 1. The summed E-state index contributed by atoms with van der Waals surface area (Å²) in [7, 11) is 0. The van der Waals surface area contributed by atoms with Gasteiger partial charge in [-0.25, -0.2) is 0 Å². The van der Waals surface area contributed by atoms with Crippen molar-refractivity contribution in [3.63, 3.8) is 0 Å². The number of halogens is 3. The first-order chi connectivity index (χ1) is 7.29. The molecule has 1 aromatic rings. The van der Waals surface area contributed by atoms with Crippen LogP contribution in [0.5, 0.6) is 5.75 Å². The third-order valence-corrected chi connectivity index (χ3v) is 3.75. The molecule has 1 atom stereocenters. The van der Waals surface area contributed by atoms with Gasteiger partial charge in [0.25, 0.3) is 0 Å². The highest BCUT2D eigenvalue weighted by atomic mass is 79.9. The molecule has 6 heteroatoms. The summed E-state index contributed by atoms with van der Waals surface area (Å²) in [6.07, 6.45) is 0. The minimum absolute atomic E-state index is 0. The fraction of sp³-hybridized carbons (Fsp3) is 0.455. The van der Waals surface area contributed by atoms with E-state index in [0.29, 0.717) is 5.56 Å². The molecule has 17 heavy (non-hydrogen) atoms. The van der Waals surface area contributed by atoms with E-state index in [1.54, 1.807) is 6.07 Å². The topological polar surface area (TPSA) is 66.5 Å². The summed E-state index contributed by atoms with van der Waals surface area (Å²) in [6, 6.07) is 2.97. The molecule has 98 valence electrons. The summed E-state index contributed by atoms with van der Waals surface area (Å²) < 4.78 is 1.50. The summed E-state index contributed by atoms with van der Waals surface area (Å²) in [5.74, 6) is 0.121. The first-order valence-corrected chi connectivity index (χ1v) is 6.42. The Labute approximate surface area is 124 Å². The highest BCUT2D eigenvalue weighted by molar-refractivity contribution is 9.11. The Morgan fingerprint density at radius 1 is 1.35 bits per heavy atom. The molecule has 0 aromatic heterocycles. The molecule has 0 aliphatic carbocycles. The second kappa shape index (κ2) is 6.38. The van der Waals surface area contributed by atoms with E-state index in [4.69, 9.17) is 5.73 Å². The van der Waals surface area contributed by atoms with E-state index in [-0.39, 0.29) is 24.8 Å². The lowest BCUT2D eigenvalue weighted by Gasteiger charge is -2.30. The van der Waals surface area contributed by atoms with Crippen molar-refractivity contribution in [2.24, 2.45) is 11.1 Å². The molecule has 0 aliphatic heterocycles. The fourth-order valence-electron chi connectivity index (χ4n) is 1.37. The Kier molecular flexibility index (Phi) is 6.46. The van der Waals surface area contributed by atoms with Gasteiger partial charge in [0, 0.05) is 32.6 Å². The molecule has 0 fully saturated rings. The van der Waals surface area contributed by atoms with Crippen molar-refractivity contribution >= 4 is 44.3 Å². The van der Waals surface area contributed by atoms with Crippen molar-refractivity contribution in [2.45, 2.75) is 19.9 Å². The highest BCUT2D eigenvalue weighted by Gasteiger charge is 2.30. The molecule has 0 saturated heterocycles. The lowest BCUT2D eigenvalue weighted by Crippen LogP contribution is -2.32. The molecule has 0 spiro atoms. The number of aliphatic hydroxyl groups is 1. The van der Waals surface area contributed by atoms with Crippen LogP contribution in [0.3, 0.4) is 0 Å².